The number of nitrogens with one attached hydrogen (secondary N) is 6. The zero-order valence-electron chi connectivity index (χ0n) is 14.4. The normalized spacial score (nSPS) is 10.1. The van der Waals surface area contributed by atoms with Crippen LogP contribution in [0.3, 0.4) is 0 Å². The maximum Gasteiger partial charge on any atom is 0.325 e. The Morgan fingerprint density at radius 3 is 2.21 bits per heavy atom. The number of aromatic nitrogens is 3. The molecule has 148 valence electrons. The smallest absolute Gasteiger partial charge is 0.325 e. The fourth-order valence-electron chi connectivity index (χ4n) is 2.04. The maximum absolute atomic E-state index is 11.8. The van der Waals surface area contributed by atoms with E-state index in [-0.39, 0.29) is 30.0 Å². The standard InChI is InChI=1S/C15H17N7O6/c16-11(24)8-1-2-9(21-8)14(27)18-4-3-17-10(23)6-19-12(25)7-5-20-15(28)22-13(7)26/h1-2,5,21H,3-4,6H2,(H2,16,24)(H,17,23)(H,18,27)(H,19,25)(H2,20,22,26,28). The van der Waals surface area contributed by atoms with Gasteiger partial charge in [0, 0.05) is 19.3 Å². The summed E-state index contributed by atoms with van der Waals surface area (Å²) in [4.78, 5) is 75.1. The van der Waals surface area contributed by atoms with Gasteiger partial charge in [0.1, 0.15) is 17.0 Å². The van der Waals surface area contributed by atoms with Crippen LogP contribution >= 0.6 is 0 Å². The summed E-state index contributed by atoms with van der Waals surface area (Å²) in [6, 6.07) is 2.76. The van der Waals surface area contributed by atoms with Crippen LogP contribution in [0.2, 0.25) is 0 Å². The average Bonchev–Trinajstić information content (AvgIpc) is 3.13. The Bertz CT molecular complexity index is 1020. The van der Waals surface area contributed by atoms with Gasteiger partial charge < -0.3 is 31.7 Å². The molecule has 0 aliphatic rings. The van der Waals surface area contributed by atoms with Crippen molar-refractivity contribution < 1.29 is 19.2 Å². The summed E-state index contributed by atoms with van der Waals surface area (Å²) < 4.78 is 0. The highest BCUT2D eigenvalue weighted by molar-refractivity contribution is 5.97. The first kappa shape index (κ1) is 20.2. The number of nitrogens with two attached hydrogens (primary N) is 1. The third kappa shape index (κ3) is 5.42. The second-order valence-corrected chi connectivity index (χ2v) is 5.42. The van der Waals surface area contributed by atoms with Gasteiger partial charge in [0.15, 0.2) is 0 Å². The fraction of sp³-hybridized carbons (Fsp3) is 0.200. The number of rotatable bonds is 8. The molecule has 2 aromatic rings. The molecule has 0 bridgehead atoms. The van der Waals surface area contributed by atoms with Gasteiger partial charge in [-0.1, -0.05) is 0 Å². The number of H-pyrrole nitrogens is 3. The van der Waals surface area contributed by atoms with E-state index < -0.39 is 41.4 Å². The Balaban J connectivity index is 1.70. The van der Waals surface area contributed by atoms with Crippen LogP contribution in [0.25, 0.3) is 0 Å². The molecular weight excluding hydrogens is 374 g/mol. The van der Waals surface area contributed by atoms with Crippen molar-refractivity contribution in [3.05, 3.63) is 56.1 Å². The minimum atomic E-state index is -0.881. The van der Waals surface area contributed by atoms with Crippen LogP contribution in [0.5, 0.6) is 0 Å². The molecule has 0 aliphatic heterocycles. The SMILES string of the molecule is NC(=O)c1ccc(C(=O)NCCNC(=O)CNC(=O)c2c[nH]c(=O)[nH]c2=O)[nH]1. The number of primary amides is 1. The first-order valence-electron chi connectivity index (χ1n) is 7.92. The molecule has 0 fully saturated rings. The van der Waals surface area contributed by atoms with Gasteiger partial charge in [-0.05, 0) is 12.1 Å². The topological polar surface area (TPSA) is 212 Å². The van der Waals surface area contributed by atoms with E-state index in [2.05, 4.69) is 25.9 Å². The number of amides is 4. The van der Waals surface area contributed by atoms with Crippen LogP contribution in [0.1, 0.15) is 31.3 Å². The highest BCUT2D eigenvalue weighted by atomic mass is 16.2. The van der Waals surface area contributed by atoms with Gasteiger partial charge in [0.25, 0.3) is 23.3 Å². The minimum absolute atomic E-state index is 0.0725. The van der Waals surface area contributed by atoms with Gasteiger partial charge in [0.2, 0.25) is 5.91 Å². The third-order valence-electron chi connectivity index (χ3n) is 3.40. The Morgan fingerprint density at radius 2 is 1.57 bits per heavy atom. The lowest BCUT2D eigenvalue weighted by molar-refractivity contribution is -0.120. The van der Waals surface area contributed by atoms with Crippen molar-refractivity contribution in [2.24, 2.45) is 5.73 Å². The molecular formula is C15H17N7O6. The zero-order chi connectivity index (χ0) is 20.7. The van der Waals surface area contributed by atoms with Crippen LogP contribution in [0.15, 0.2) is 27.9 Å². The van der Waals surface area contributed by atoms with E-state index in [4.69, 9.17) is 5.73 Å². The van der Waals surface area contributed by atoms with E-state index in [9.17, 15) is 28.8 Å². The molecule has 0 spiro atoms. The van der Waals surface area contributed by atoms with Gasteiger partial charge >= 0.3 is 5.69 Å². The second kappa shape index (κ2) is 8.98. The first-order chi connectivity index (χ1) is 13.3. The number of aromatic amines is 3. The van der Waals surface area contributed by atoms with E-state index >= 15 is 0 Å². The molecule has 0 saturated heterocycles. The molecule has 4 amide bonds. The first-order valence-corrected chi connectivity index (χ1v) is 7.92. The monoisotopic (exact) mass is 391 g/mol. The van der Waals surface area contributed by atoms with Crippen LogP contribution in [-0.4, -0.2) is 58.2 Å². The zero-order valence-corrected chi connectivity index (χ0v) is 14.4. The molecule has 2 heterocycles. The molecule has 13 heteroatoms. The van der Waals surface area contributed by atoms with Gasteiger partial charge in [-0.2, -0.15) is 0 Å². The van der Waals surface area contributed by atoms with Crippen molar-refractivity contribution in [2.45, 2.75) is 0 Å². The summed E-state index contributed by atoms with van der Waals surface area (Å²) in [5, 5.41) is 7.17. The quantitative estimate of drug-likeness (QED) is 0.230. The number of carbonyl (C=O) groups is 4. The van der Waals surface area contributed by atoms with Crippen LogP contribution in [0.4, 0.5) is 0 Å². The van der Waals surface area contributed by atoms with Gasteiger partial charge in [-0.3, -0.25) is 29.0 Å². The molecule has 0 saturated carbocycles. The van der Waals surface area contributed by atoms with Crippen LogP contribution in [-0.2, 0) is 4.79 Å². The van der Waals surface area contributed by atoms with Crippen molar-refractivity contribution in [1.82, 2.24) is 30.9 Å². The van der Waals surface area contributed by atoms with E-state index in [0.717, 1.165) is 6.20 Å². The number of hydrogen-bond acceptors (Lipinski definition) is 6. The fourth-order valence-corrected chi connectivity index (χ4v) is 2.04. The van der Waals surface area contributed by atoms with E-state index in [1.54, 1.807) is 0 Å². The van der Waals surface area contributed by atoms with Crippen LogP contribution < -0.4 is 32.9 Å². The van der Waals surface area contributed by atoms with Crippen LogP contribution in [0, 0.1) is 0 Å². The summed E-state index contributed by atoms with van der Waals surface area (Å²) in [7, 11) is 0. The highest BCUT2D eigenvalue weighted by Gasteiger charge is 2.13. The van der Waals surface area contributed by atoms with Gasteiger partial charge in [-0.25, -0.2) is 4.79 Å². The lowest BCUT2D eigenvalue weighted by atomic mass is 10.3. The number of hydrogen-bond donors (Lipinski definition) is 7. The molecule has 28 heavy (non-hydrogen) atoms. The largest absolute Gasteiger partial charge is 0.364 e. The second-order valence-electron chi connectivity index (χ2n) is 5.42. The Labute approximate surface area is 156 Å². The molecule has 0 atom stereocenters. The van der Waals surface area contributed by atoms with E-state index in [1.165, 1.54) is 12.1 Å². The summed E-state index contributed by atoms with van der Waals surface area (Å²) in [6.07, 6.45) is 0.939. The summed E-state index contributed by atoms with van der Waals surface area (Å²) in [5.41, 5.74) is 3.32. The van der Waals surface area contributed by atoms with E-state index in [1.807, 2.05) is 4.98 Å². The molecule has 13 nitrogen and oxygen atoms in total. The maximum atomic E-state index is 11.8. The van der Waals surface area contributed by atoms with E-state index in [0.29, 0.717) is 0 Å². The molecule has 0 aliphatic carbocycles. The van der Waals surface area contributed by atoms with Crippen molar-refractivity contribution >= 4 is 23.6 Å². The molecule has 0 aromatic carbocycles. The summed E-state index contributed by atoms with van der Waals surface area (Å²) >= 11 is 0. The van der Waals surface area contributed by atoms with Crippen molar-refractivity contribution in [1.29, 1.82) is 0 Å². The molecule has 8 N–H and O–H groups in total. The predicted octanol–water partition coefficient (Wildman–Crippen LogP) is -3.23. The van der Waals surface area contributed by atoms with Gasteiger partial charge in [0.05, 0.1) is 6.54 Å². The molecule has 2 rings (SSSR count). The van der Waals surface area contributed by atoms with Crippen molar-refractivity contribution in [3.8, 4) is 0 Å². The molecule has 0 radical (unpaired) electrons. The number of carbonyl (C=O) groups excluding carboxylic acids is 4. The Morgan fingerprint density at radius 1 is 0.893 bits per heavy atom. The van der Waals surface area contributed by atoms with Gasteiger partial charge in [-0.15, -0.1) is 0 Å². The molecule has 0 unspecified atom stereocenters. The highest BCUT2D eigenvalue weighted by Crippen LogP contribution is 2.00. The minimum Gasteiger partial charge on any atom is -0.364 e. The third-order valence-corrected chi connectivity index (χ3v) is 3.40. The van der Waals surface area contributed by atoms with Crippen molar-refractivity contribution in [2.75, 3.05) is 19.6 Å². The summed E-state index contributed by atoms with van der Waals surface area (Å²) in [5.74, 6) is -2.58. The Kier molecular flexibility index (Phi) is 6.46. The summed E-state index contributed by atoms with van der Waals surface area (Å²) in [6.45, 7) is -0.254. The lowest BCUT2D eigenvalue weighted by Gasteiger charge is -2.07. The predicted molar refractivity (Wildman–Crippen MR) is 94.7 cm³/mol. The lowest BCUT2D eigenvalue weighted by Crippen LogP contribution is -2.42. The van der Waals surface area contributed by atoms with Crippen molar-refractivity contribution in [3.63, 3.8) is 0 Å². The molecule has 2 aromatic heterocycles. The average molecular weight is 391 g/mol. The Hall–Kier alpha value is -4.16.